The number of imidazole rings is 1. The van der Waals surface area contributed by atoms with E-state index in [4.69, 9.17) is 4.74 Å². The molecule has 3 aromatic rings. The van der Waals surface area contributed by atoms with E-state index in [2.05, 4.69) is 19.9 Å². The lowest BCUT2D eigenvalue weighted by Gasteiger charge is -2.31. The number of piperidine rings is 1. The smallest absolute Gasteiger partial charge is 0.234 e. The highest BCUT2D eigenvalue weighted by Crippen LogP contribution is 2.29. The van der Waals surface area contributed by atoms with Crippen LogP contribution >= 0.6 is 0 Å². The zero-order valence-electron chi connectivity index (χ0n) is 18.8. The third-order valence-corrected chi connectivity index (χ3v) is 6.05. The van der Waals surface area contributed by atoms with Crippen molar-refractivity contribution in [2.75, 3.05) is 26.2 Å². The molecule has 0 aliphatic carbocycles. The van der Waals surface area contributed by atoms with Gasteiger partial charge >= 0.3 is 0 Å². The number of Topliss-reactive ketones (excluding diaryl/α,β-unsaturated/α-hetero) is 1. The fourth-order valence-electron chi connectivity index (χ4n) is 4.30. The van der Waals surface area contributed by atoms with Crippen molar-refractivity contribution in [2.45, 2.75) is 33.1 Å². The van der Waals surface area contributed by atoms with Gasteiger partial charge in [0.15, 0.2) is 5.65 Å². The van der Waals surface area contributed by atoms with Gasteiger partial charge in [-0.2, -0.15) is 10.2 Å². The molecule has 1 aliphatic heterocycles. The van der Waals surface area contributed by atoms with E-state index >= 15 is 0 Å². The molecule has 0 atom stereocenters. The summed E-state index contributed by atoms with van der Waals surface area (Å²) in [5.41, 5.74) is 3.86. The van der Waals surface area contributed by atoms with Gasteiger partial charge in [-0.05, 0) is 75.9 Å². The predicted octanol–water partition coefficient (Wildman–Crippen LogP) is 3.28. The summed E-state index contributed by atoms with van der Waals surface area (Å²) < 4.78 is 7.87. The molecule has 0 bridgehead atoms. The largest absolute Gasteiger partial charge is 0.493 e. The third-order valence-electron chi connectivity index (χ3n) is 6.05. The Bertz CT molecular complexity index is 1170. The third kappa shape index (κ3) is 4.78. The van der Waals surface area contributed by atoms with Crippen molar-refractivity contribution in [3.8, 4) is 23.1 Å². The summed E-state index contributed by atoms with van der Waals surface area (Å²) >= 11 is 0. The molecule has 1 fully saturated rings. The van der Waals surface area contributed by atoms with Crippen LogP contribution in [0.4, 0.5) is 0 Å². The number of carbonyl (C=O) groups is 1. The Hall–Kier alpha value is -3.31. The number of ether oxygens (including phenoxy) is 1. The van der Waals surface area contributed by atoms with E-state index in [1.54, 1.807) is 17.8 Å². The fraction of sp³-hybridized carbons (Fsp3) is 0.458. The van der Waals surface area contributed by atoms with Gasteiger partial charge in [-0.25, -0.2) is 9.97 Å². The number of likely N-dealkylation sites (tertiary alicyclic amines) is 1. The van der Waals surface area contributed by atoms with Crippen molar-refractivity contribution >= 4 is 16.9 Å². The second-order valence-corrected chi connectivity index (χ2v) is 8.57. The Morgan fingerprint density at radius 1 is 1.28 bits per heavy atom. The van der Waals surface area contributed by atoms with Crippen LogP contribution in [-0.2, 0) is 11.8 Å². The monoisotopic (exact) mass is 432 g/mol. The maximum atomic E-state index is 11.3. The molecule has 0 N–H and O–H groups in total. The summed E-state index contributed by atoms with van der Waals surface area (Å²) in [7, 11) is 1.85. The van der Waals surface area contributed by atoms with Crippen LogP contribution in [0.1, 0.15) is 37.6 Å². The molecule has 8 heteroatoms. The van der Waals surface area contributed by atoms with Gasteiger partial charge < -0.3 is 9.30 Å². The van der Waals surface area contributed by atoms with E-state index in [0.29, 0.717) is 35.9 Å². The van der Waals surface area contributed by atoms with Crippen LogP contribution in [0, 0.1) is 24.2 Å². The van der Waals surface area contributed by atoms with Gasteiger partial charge in [0, 0.05) is 12.6 Å². The van der Waals surface area contributed by atoms with Crippen molar-refractivity contribution in [1.29, 1.82) is 5.26 Å². The highest BCUT2D eigenvalue weighted by Gasteiger charge is 2.20. The Morgan fingerprint density at radius 2 is 2.06 bits per heavy atom. The summed E-state index contributed by atoms with van der Waals surface area (Å²) in [6, 6.07) is 7.98. The molecule has 32 heavy (non-hydrogen) atoms. The molecule has 1 aromatic carbocycles. The standard InChI is InChI=1S/C24H28N6O2/c1-16-12-19(22-23-24(29(3)15-26-23)28-21(13-25)27-22)4-5-20(16)32-11-8-18-6-9-30(10-7-18)14-17(2)31/h4-5,12,15,18H,6-11,14H2,1-3H3. The quantitative estimate of drug-likeness (QED) is 0.565. The van der Waals surface area contributed by atoms with E-state index < -0.39 is 0 Å². The van der Waals surface area contributed by atoms with Crippen LogP contribution in [0.25, 0.3) is 22.4 Å². The average Bonchev–Trinajstić information content (AvgIpc) is 3.15. The average molecular weight is 433 g/mol. The van der Waals surface area contributed by atoms with Crippen LogP contribution < -0.4 is 4.74 Å². The normalized spacial score (nSPS) is 15.1. The van der Waals surface area contributed by atoms with Crippen molar-refractivity contribution in [3.63, 3.8) is 0 Å². The first-order valence-corrected chi connectivity index (χ1v) is 11.0. The minimum Gasteiger partial charge on any atom is -0.493 e. The molecular weight excluding hydrogens is 404 g/mol. The summed E-state index contributed by atoms with van der Waals surface area (Å²) in [5.74, 6) is 1.86. The molecular formula is C24H28N6O2. The first kappa shape index (κ1) is 21.9. The van der Waals surface area contributed by atoms with Crippen molar-refractivity contribution in [2.24, 2.45) is 13.0 Å². The molecule has 8 nitrogen and oxygen atoms in total. The first-order valence-electron chi connectivity index (χ1n) is 11.0. The lowest BCUT2D eigenvalue weighted by Crippen LogP contribution is -2.37. The number of rotatable bonds is 7. The van der Waals surface area contributed by atoms with Crippen molar-refractivity contribution in [1.82, 2.24) is 24.4 Å². The van der Waals surface area contributed by atoms with Gasteiger partial charge in [0.05, 0.1) is 19.5 Å². The second kappa shape index (κ2) is 9.45. The lowest BCUT2D eigenvalue weighted by atomic mass is 9.94. The molecule has 1 aliphatic rings. The van der Waals surface area contributed by atoms with Gasteiger partial charge in [-0.3, -0.25) is 9.69 Å². The van der Waals surface area contributed by atoms with Crippen molar-refractivity contribution in [3.05, 3.63) is 35.9 Å². The Kier molecular flexibility index (Phi) is 6.47. The number of aryl methyl sites for hydroxylation is 2. The van der Waals surface area contributed by atoms with Crippen LogP contribution in [-0.4, -0.2) is 56.4 Å². The Morgan fingerprint density at radius 3 is 2.75 bits per heavy atom. The molecule has 3 heterocycles. The minimum atomic E-state index is 0.128. The van der Waals surface area contributed by atoms with E-state index in [1.165, 1.54) is 0 Å². The van der Waals surface area contributed by atoms with E-state index in [-0.39, 0.29) is 11.6 Å². The molecule has 1 saturated heterocycles. The number of aromatic nitrogens is 4. The number of hydrogen-bond acceptors (Lipinski definition) is 7. The van der Waals surface area contributed by atoms with E-state index in [9.17, 15) is 10.1 Å². The van der Waals surface area contributed by atoms with Crippen LogP contribution in [0.2, 0.25) is 0 Å². The number of nitriles is 1. The number of carbonyl (C=O) groups excluding carboxylic acids is 1. The van der Waals surface area contributed by atoms with Gasteiger partial charge in [-0.15, -0.1) is 0 Å². The number of fused-ring (bicyclic) bond motifs is 1. The molecule has 0 spiro atoms. The second-order valence-electron chi connectivity index (χ2n) is 8.57. The van der Waals surface area contributed by atoms with Gasteiger partial charge in [0.1, 0.15) is 28.8 Å². The lowest BCUT2D eigenvalue weighted by molar-refractivity contribution is -0.118. The molecule has 166 valence electrons. The summed E-state index contributed by atoms with van der Waals surface area (Å²) in [4.78, 5) is 26.6. The number of benzene rings is 1. The maximum Gasteiger partial charge on any atom is 0.234 e. The minimum absolute atomic E-state index is 0.128. The fourth-order valence-corrected chi connectivity index (χ4v) is 4.30. The number of nitrogens with zero attached hydrogens (tertiary/aromatic N) is 6. The number of ketones is 1. The molecule has 2 aromatic heterocycles. The van der Waals surface area contributed by atoms with Crippen LogP contribution in [0.3, 0.4) is 0 Å². The Labute approximate surface area is 187 Å². The molecule has 0 radical (unpaired) electrons. The molecule has 0 unspecified atom stereocenters. The van der Waals surface area contributed by atoms with Crippen molar-refractivity contribution < 1.29 is 9.53 Å². The predicted molar refractivity (Wildman–Crippen MR) is 121 cm³/mol. The zero-order chi connectivity index (χ0) is 22.7. The summed E-state index contributed by atoms with van der Waals surface area (Å²) in [6.07, 6.45) is 4.92. The maximum absolute atomic E-state index is 11.3. The zero-order valence-corrected chi connectivity index (χ0v) is 18.8. The highest BCUT2D eigenvalue weighted by atomic mass is 16.5. The Balaban J connectivity index is 1.40. The van der Waals surface area contributed by atoms with Crippen LogP contribution in [0.15, 0.2) is 24.5 Å². The first-order chi connectivity index (χ1) is 15.4. The van der Waals surface area contributed by atoms with Gasteiger partial charge in [0.25, 0.3) is 0 Å². The highest BCUT2D eigenvalue weighted by molar-refractivity contribution is 5.87. The van der Waals surface area contributed by atoms with Gasteiger partial charge in [-0.1, -0.05) is 0 Å². The SMILES string of the molecule is CC(=O)CN1CCC(CCOc2ccc(-c3nc(C#N)nc4c3ncn4C)cc2C)CC1. The molecule has 0 amide bonds. The van der Waals surface area contributed by atoms with E-state index in [0.717, 1.165) is 49.2 Å². The van der Waals surface area contributed by atoms with Crippen LogP contribution in [0.5, 0.6) is 5.75 Å². The molecule has 0 saturated carbocycles. The topological polar surface area (TPSA) is 96.9 Å². The summed E-state index contributed by atoms with van der Waals surface area (Å²) in [5, 5.41) is 9.31. The molecule has 4 rings (SSSR count). The summed E-state index contributed by atoms with van der Waals surface area (Å²) in [6.45, 7) is 6.89. The van der Waals surface area contributed by atoms with E-state index in [1.807, 2.05) is 38.2 Å². The number of hydrogen-bond donors (Lipinski definition) is 0. The van der Waals surface area contributed by atoms with Gasteiger partial charge in [0.2, 0.25) is 5.82 Å².